The number of nitrogen functional groups attached to an aromatic ring is 1. The molecule has 0 radical (unpaired) electrons. The number of anilines is 1. The molecule has 104 valence electrons. The van der Waals surface area contributed by atoms with E-state index in [9.17, 15) is 12.8 Å². The van der Waals surface area contributed by atoms with Gasteiger partial charge in [-0.15, -0.1) is 6.42 Å². The third-order valence-corrected chi connectivity index (χ3v) is 4.96. The van der Waals surface area contributed by atoms with Crippen molar-refractivity contribution >= 4 is 31.6 Å². The van der Waals surface area contributed by atoms with Crippen LogP contribution in [0, 0.1) is 18.2 Å². The molecule has 1 aromatic rings. The lowest BCUT2D eigenvalue weighted by atomic mass is 10.3. The van der Waals surface area contributed by atoms with Gasteiger partial charge in [-0.1, -0.05) is 12.8 Å². The Morgan fingerprint density at radius 1 is 1.53 bits per heavy atom. The fourth-order valence-electron chi connectivity index (χ4n) is 1.52. The maximum atomic E-state index is 13.8. The molecular weight excluding hydrogens is 335 g/mol. The molecule has 0 saturated carbocycles. The van der Waals surface area contributed by atoms with Gasteiger partial charge < -0.3 is 5.73 Å². The van der Waals surface area contributed by atoms with Gasteiger partial charge in [0.1, 0.15) is 10.7 Å². The van der Waals surface area contributed by atoms with Crippen molar-refractivity contribution in [2.75, 3.05) is 18.8 Å². The first-order chi connectivity index (χ1) is 8.84. The summed E-state index contributed by atoms with van der Waals surface area (Å²) in [6.45, 7) is 1.93. The Labute approximate surface area is 121 Å². The summed E-state index contributed by atoms with van der Waals surface area (Å²) < 4.78 is 39.8. The SMILES string of the molecule is C#CCN(CCC)S(=O)(=O)c1cc(N)c(Br)cc1F. The second kappa shape index (κ2) is 6.37. The monoisotopic (exact) mass is 348 g/mol. The average Bonchev–Trinajstić information content (AvgIpc) is 2.33. The van der Waals surface area contributed by atoms with Crippen LogP contribution in [-0.2, 0) is 10.0 Å². The summed E-state index contributed by atoms with van der Waals surface area (Å²) >= 11 is 3.04. The van der Waals surface area contributed by atoms with Crippen molar-refractivity contribution in [3.63, 3.8) is 0 Å². The molecule has 0 amide bonds. The maximum Gasteiger partial charge on any atom is 0.246 e. The standard InChI is InChI=1S/C12H14BrFN2O2S/c1-3-5-16(6-4-2)19(17,18)12-8-11(15)9(13)7-10(12)14/h1,7-8H,4-6,15H2,2H3. The fraction of sp³-hybridized carbons (Fsp3) is 0.333. The van der Waals surface area contributed by atoms with Crippen LogP contribution in [0.3, 0.4) is 0 Å². The lowest BCUT2D eigenvalue weighted by Gasteiger charge is -2.19. The zero-order chi connectivity index (χ0) is 14.6. The quantitative estimate of drug-likeness (QED) is 0.655. The lowest BCUT2D eigenvalue weighted by Crippen LogP contribution is -2.32. The average molecular weight is 349 g/mol. The van der Waals surface area contributed by atoms with Crippen LogP contribution in [0.2, 0.25) is 0 Å². The van der Waals surface area contributed by atoms with E-state index < -0.39 is 20.7 Å². The molecule has 4 nitrogen and oxygen atoms in total. The topological polar surface area (TPSA) is 63.4 Å². The Balaban J connectivity index is 3.33. The third kappa shape index (κ3) is 3.47. The van der Waals surface area contributed by atoms with Gasteiger partial charge in [-0.05, 0) is 34.5 Å². The van der Waals surface area contributed by atoms with Gasteiger partial charge in [-0.2, -0.15) is 4.31 Å². The Morgan fingerprint density at radius 3 is 2.68 bits per heavy atom. The molecule has 0 heterocycles. The molecule has 0 spiro atoms. The van der Waals surface area contributed by atoms with Crippen molar-refractivity contribution in [2.45, 2.75) is 18.2 Å². The van der Waals surface area contributed by atoms with E-state index in [4.69, 9.17) is 12.2 Å². The highest BCUT2D eigenvalue weighted by atomic mass is 79.9. The number of nitrogens with zero attached hydrogens (tertiary/aromatic N) is 1. The Kier molecular flexibility index (Phi) is 5.35. The first-order valence-corrected chi connectivity index (χ1v) is 7.76. The molecule has 0 saturated heterocycles. The zero-order valence-electron chi connectivity index (χ0n) is 10.4. The van der Waals surface area contributed by atoms with Crippen LogP contribution in [0.1, 0.15) is 13.3 Å². The number of sulfonamides is 1. The van der Waals surface area contributed by atoms with Crippen LogP contribution in [0.5, 0.6) is 0 Å². The number of nitrogens with two attached hydrogens (primary N) is 1. The molecule has 0 fully saturated rings. The van der Waals surface area contributed by atoms with Crippen LogP contribution in [0.15, 0.2) is 21.5 Å². The van der Waals surface area contributed by atoms with Gasteiger partial charge in [-0.3, -0.25) is 0 Å². The number of terminal acetylenes is 1. The van der Waals surface area contributed by atoms with Crippen molar-refractivity contribution in [3.8, 4) is 12.3 Å². The van der Waals surface area contributed by atoms with Gasteiger partial charge in [0.25, 0.3) is 0 Å². The first-order valence-electron chi connectivity index (χ1n) is 5.52. The van der Waals surface area contributed by atoms with Crippen molar-refractivity contribution in [2.24, 2.45) is 0 Å². The van der Waals surface area contributed by atoms with Gasteiger partial charge >= 0.3 is 0 Å². The highest BCUT2D eigenvalue weighted by Crippen LogP contribution is 2.28. The number of rotatable bonds is 5. The van der Waals surface area contributed by atoms with Gasteiger partial charge in [0.15, 0.2) is 0 Å². The lowest BCUT2D eigenvalue weighted by molar-refractivity contribution is 0.440. The van der Waals surface area contributed by atoms with E-state index >= 15 is 0 Å². The zero-order valence-corrected chi connectivity index (χ0v) is 12.8. The second-order valence-electron chi connectivity index (χ2n) is 3.85. The van der Waals surface area contributed by atoms with Crippen LogP contribution >= 0.6 is 15.9 Å². The van der Waals surface area contributed by atoms with Gasteiger partial charge in [-0.25, -0.2) is 12.8 Å². The summed E-state index contributed by atoms with van der Waals surface area (Å²) in [5, 5.41) is 0. The Bertz CT molecular complexity index is 611. The minimum absolute atomic E-state index is 0.106. The van der Waals surface area contributed by atoms with E-state index in [1.807, 2.05) is 6.92 Å². The molecule has 0 aliphatic carbocycles. The second-order valence-corrected chi connectivity index (χ2v) is 6.61. The van der Waals surface area contributed by atoms with E-state index in [2.05, 4.69) is 21.9 Å². The highest BCUT2D eigenvalue weighted by molar-refractivity contribution is 9.10. The van der Waals surface area contributed by atoms with Crippen molar-refractivity contribution in [1.82, 2.24) is 4.31 Å². The van der Waals surface area contributed by atoms with Gasteiger partial charge in [0.2, 0.25) is 10.0 Å². The van der Waals surface area contributed by atoms with Gasteiger partial charge in [0.05, 0.1) is 6.54 Å². The normalized spacial score (nSPS) is 11.5. The molecule has 0 bridgehead atoms. The molecule has 7 heteroatoms. The smallest absolute Gasteiger partial charge is 0.246 e. The summed E-state index contributed by atoms with van der Waals surface area (Å²) in [4.78, 5) is -0.461. The molecule has 1 aromatic carbocycles. The van der Waals surface area contributed by atoms with E-state index in [0.29, 0.717) is 10.9 Å². The van der Waals surface area contributed by atoms with E-state index in [1.165, 1.54) is 0 Å². The molecule has 0 atom stereocenters. The number of benzene rings is 1. The summed E-state index contributed by atoms with van der Waals surface area (Å²) in [6, 6.07) is 2.12. The number of hydrogen-bond acceptors (Lipinski definition) is 3. The van der Waals surface area contributed by atoms with Crippen LogP contribution in [0.25, 0.3) is 0 Å². The maximum absolute atomic E-state index is 13.8. The number of halogens is 2. The molecule has 2 N–H and O–H groups in total. The summed E-state index contributed by atoms with van der Waals surface area (Å²) in [6.07, 6.45) is 5.72. The fourth-order valence-corrected chi connectivity index (χ4v) is 3.36. The molecule has 0 aliphatic rings. The largest absolute Gasteiger partial charge is 0.398 e. The summed E-state index contributed by atoms with van der Waals surface area (Å²) in [5.74, 6) is 1.40. The molecule has 0 aliphatic heterocycles. The predicted octanol–water partition coefficient (Wildman–Crippen LogP) is 2.20. The predicted molar refractivity (Wildman–Crippen MR) is 76.4 cm³/mol. The van der Waals surface area contributed by atoms with Crippen molar-refractivity contribution in [3.05, 3.63) is 22.4 Å². The minimum atomic E-state index is -3.98. The van der Waals surface area contributed by atoms with Gasteiger partial charge in [0, 0.05) is 16.7 Å². The first kappa shape index (κ1) is 16.0. The molecular formula is C12H14BrFN2O2S. The van der Waals surface area contributed by atoms with Crippen molar-refractivity contribution < 1.29 is 12.8 Å². The van der Waals surface area contributed by atoms with Crippen LogP contribution in [-0.4, -0.2) is 25.8 Å². The molecule has 19 heavy (non-hydrogen) atoms. The van der Waals surface area contributed by atoms with Crippen LogP contribution < -0.4 is 5.73 Å². The van der Waals surface area contributed by atoms with E-state index in [1.54, 1.807) is 0 Å². The third-order valence-electron chi connectivity index (χ3n) is 2.41. The Morgan fingerprint density at radius 2 is 2.16 bits per heavy atom. The molecule has 0 aromatic heterocycles. The summed E-state index contributed by atoms with van der Waals surface area (Å²) in [7, 11) is -3.98. The van der Waals surface area contributed by atoms with Crippen LogP contribution in [0.4, 0.5) is 10.1 Å². The highest BCUT2D eigenvalue weighted by Gasteiger charge is 2.27. The minimum Gasteiger partial charge on any atom is -0.398 e. The summed E-state index contributed by atoms with van der Waals surface area (Å²) in [5.41, 5.74) is 5.75. The molecule has 0 unspecified atom stereocenters. The van der Waals surface area contributed by atoms with E-state index in [0.717, 1.165) is 16.4 Å². The number of hydrogen-bond donors (Lipinski definition) is 1. The molecule has 1 rings (SSSR count). The Hall–Kier alpha value is -1.10. The van der Waals surface area contributed by atoms with Crippen molar-refractivity contribution in [1.29, 1.82) is 0 Å². The van der Waals surface area contributed by atoms with E-state index in [-0.39, 0.29) is 18.8 Å².